The van der Waals surface area contributed by atoms with Crippen molar-refractivity contribution in [3.05, 3.63) is 23.9 Å². The lowest BCUT2D eigenvalue weighted by atomic mass is 10.2. The third-order valence-electron chi connectivity index (χ3n) is 2.41. The third kappa shape index (κ3) is 4.60. The molecule has 0 atom stereocenters. The number of alkyl halides is 3. The molecule has 0 saturated heterocycles. The lowest BCUT2D eigenvalue weighted by Crippen LogP contribution is -2.38. The summed E-state index contributed by atoms with van der Waals surface area (Å²) in [5.41, 5.74) is 6.23. The van der Waals surface area contributed by atoms with E-state index in [0.717, 1.165) is 0 Å². The zero-order chi connectivity index (χ0) is 13.1. The molecule has 6 heteroatoms. The number of aromatic nitrogens is 1. The number of halogens is 3. The van der Waals surface area contributed by atoms with Gasteiger partial charge in [-0.3, -0.25) is 4.90 Å². The Labute approximate surface area is 98.4 Å². The molecule has 0 amide bonds. The van der Waals surface area contributed by atoms with E-state index in [1.54, 1.807) is 26.0 Å². The number of pyridine rings is 1. The third-order valence-corrected chi connectivity index (χ3v) is 2.41. The van der Waals surface area contributed by atoms with Crippen molar-refractivity contribution in [2.75, 3.05) is 12.3 Å². The maximum absolute atomic E-state index is 12.4. The monoisotopic (exact) mass is 247 g/mol. The number of rotatable bonds is 4. The van der Waals surface area contributed by atoms with E-state index in [-0.39, 0.29) is 18.4 Å². The summed E-state index contributed by atoms with van der Waals surface area (Å²) in [5, 5.41) is 0. The van der Waals surface area contributed by atoms with E-state index in [2.05, 4.69) is 4.98 Å². The number of nitrogens with two attached hydrogens (primary N) is 1. The molecule has 96 valence electrons. The molecule has 2 N–H and O–H groups in total. The molecule has 3 nitrogen and oxygen atoms in total. The highest BCUT2D eigenvalue weighted by atomic mass is 19.4. The van der Waals surface area contributed by atoms with Gasteiger partial charge >= 0.3 is 6.18 Å². The number of hydrogen-bond acceptors (Lipinski definition) is 3. The Kier molecular flexibility index (Phi) is 4.34. The highest BCUT2D eigenvalue weighted by Gasteiger charge is 2.31. The number of nitrogen functional groups attached to an aromatic ring is 1. The van der Waals surface area contributed by atoms with Crippen molar-refractivity contribution in [3.8, 4) is 0 Å². The summed E-state index contributed by atoms with van der Waals surface area (Å²) < 4.78 is 37.1. The molecular weight excluding hydrogens is 231 g/mol. The maximum Gasteiger partial charge on any atom is 0.401 e. The standard InChI is InChI=1S/C11H16F3N3/c1-8(2)17(7-11(12,13)14)6-9-4-3-5-16-10(9)15/h3-5,8H,6-7H2,1-2H3,(H2,15,16). The topological polar surface area (TPSA) is 42.2 Å². The fourth-order valence-electron chi connectivity index (χ4n) is 1.45. The Morgan fingerprint density at radius 1 is 1.41 bits per heavy atom. The maximum atomic E-state index is 12.4. The van der Waals surface area contributed by atoms with Crippen LogP contribution >= 0.6 is 0 Å². The molecule has 1 aromatic rings. The van der Waals surface area contributed by atoms with Crippen LogP contribution in [0.1, 0.15) is 19.4 Å². The number of hydrogen-bond donors (Lipinski definition) is 1. The molecule has 0 aliphatic carbocycles. The zero-order valence-electron chi connectivity index (χ0n) is 9.83. The second kappa shape index (κ2) is 5.35. The van der Waals surface area contributed by atoms with Gasteiger partial charge in [0.15, 0.2) is 0 Å². The van der Waals surface area contributed by atoms with Crippen molar-refractivity contribution in [2.45, 2.75) is 32.6 Å². The number of nitrogens with zero attached hydrogens (tertiary/aromatic N) is 2. The van der Waals surface area contributed by atoms with Crippen LogP contribution in [0.15, 0.2) is 18.3 Å². The Morgan fingerprint density at radius 3 is 2.53 bits per heavy atom. The van der Waals surface area contributed by atoms with Gasteiger partial charge in [-0.25, -0.2) is 4.98 Å². The molecular formula is C11H16F3N3. The van der Waals surface area contributed by atoms with Crippen LogP contribution in [0.5, 0.6) is 0 Å². The van der Waals surface area contributed by atoms with E-state index in [4.69, 9.17) is 5.73 Å². The molecule has 1 heterocycles. The first kappa shape index (κ1) is 13.8. The van der Waals surface area contributed by atoms with Gasteiger partial charge in [-0.2, -0.15) is 13.2 Å². The highest BCUT2D eigenvalue weighted by Crippen LogP contribution is 2.20. The SMILES string of the molecule is CC(C)N(Cc1cccnc1N)CC(F)(F)F. The Balaban J connectivity index is 2.78. The van der Waals surface area contributed by atoms with Crippen LogP contribution in [0.3, 0.4) is 0 Å². The normalized spacial score (nSPS) is 12.4. The van der Waals surface area contributed by atoms with Crippen molar-refractivity contribution >= 4 is 5.82 Å². The second-order valence-corrected chi connectivity index (χ2v) is 4.16. The van der Waals surface area contributed by atoms with Gasteiger partial charge in [-0.15, -0.1) is 0 Å². The average Bonchev–Trinajstić information content (AvgIpc) is 2.18. The van der Waals surface area contributed by atoms with Crippen LogP contribution in [0.2, 0.25) is 0 Å². The van der Waals surface area contributed by atoms with E-state index >= 15 is 0 Å². The van der Waals surface area contributed by atoms with Crippen LogP contribution in [0.25, 0.3) is 0 Å². The average molecular weight is 247 g/mol. The fourth-order valence-corrected chi connectivity index (χ4v) is 1.45. The molecule has 0 fully saturated rings. The summed E-state index contributed by atoms with van der Waals surface area (Å²) in [6.07, 6.45) is -2.69. The first-order valence-corrected chi connectivity index (χ1v) is 5.30. The fraction of sp³-hybridized carbons (Fsp3) is 0.545. The van der Waals surface area contributed by atoms with Gasteiger partial charge in [0.1, 0.15) is 5.82 Å². The minimum absolute atomic E-state index is 0.150. The molecule has 0 radical (unpaired) electrons. The van der Waals surface area contributed by atoms with Gasteiger partial charge in [-0.1, -0.05) is 6.07 Å². The van der Waals surface area contributed by atoms with Gasteiger partial charge in [0, 0.05) is 24.3 Å². The summed E-state index contributed by atoms with van der Waals surface area (Å²) in [7, 11) is 0. The lowest BCUT2D eigenvalue weighted by molar-refractivity contribution is -0.150. The first-order chi connectivity index (χ1) is 7.79. The Bertz CT molecular complexity index is 363. The summed E-state index contributed by atoms with van der Waals surface area (Å²) in [4.78, 5) is 5.17. The zero-order valence-corrected chi connectivity index (χ0v) is 9.83. The van der Waals surface area contributed by atoms with Gasteiger partial charge in [0.25, 0.3) is 0 Å². The molecule has 0 unspecified atom stereocenters. The predicted octanol–water partition coefficient (Wildman–Crippen LogP) is 2.44. The van der Waals surface area contributed by atoms with E-state index in [9.17, 15) is 13.2 Å². The smallest absolute Gasteiger partial charge is 0.383 e. The molecule has 0 aromatic carbocycles. The van der Waals surface area contributed by atoms with Crippen molar-refractivity contribution in [1.82, 2.24) is 9.88 Å². The summed E-state index contributed by atoms with van der Waals surface area (Å²) in [5.74, 6) is 0.278. The highest BCUT2D eigenvalue weighted by molar-refractivity contribution is 5.38. The van der Waals surface area contributed by atoms with Crippen LogP contribution in [-0.2, 0) is 6.54 Å². The molecule has 0 bridgehead atoms. The second-order valence-electron chi connectivity index (χ2n) is 4.16. The summed E-state index contributed by atoms with van der Waals surface area (Å²) >= 11 is 0. The van der Waals surface area contributed by atoms with Crippen molar-refractivity contribution in [2.24, 2.45) is 0 Å². The van der Waals surface area contributed by atoms with Crippen LogP contribution in [0.4, 0.5) is 19.0 Å². The van der Waals surface area contributed by atoms with Gasteiger partial charge < -0.3 is 5.73 Å². The van der Waals surface area contributed by atoms with E-state index in [1.807, 2.05) is 0 Å². The molecule has 0 aliphatic rings. The van der Waals surface area contributed by atoms with Crippen molar-refractivity contribution < 1.29 is 13.2 Å². The quantitative estimate of drug-likeness (QED) is 0.888. The van der Waals surface area contributed by atoms with E-state index in [0.29, 0.717) is 5.56 Å². The largest absolute Gasteiger partial charge is 0.401 e. The lowest BCUT2D eigenvalue weighted by Gasteiger charge is -2.27. The van der Waals surface area contributed by atoms with Crippen molar-refractivity contribution in [3.63, 3.8) is 0 Å². The molecule has 0 aliphatic heterocycles. The van der Waals surface area contributed by atoms with E-state index < -0.39 is 12.7 Å². The summed E-state index contributed by atoms with van der Waals surface area (Å²) in [6, 6.07) is 3.14. The van der Waals surface area contributed by atoms with Crippen LogP contribution < -0.4 is 5.73 Å². The van der Waals surface area contributed by atoms with Gasteiger partial charge in [-0.05, 0) is 19.9 Å². The first-order valence-electron chi connectivity index (χ1n) is 5.30. The Morgan fingerprint density at radius 2 is 2.06 bits per heavy atom. The summed E-state index contributed by atoms with van der Waals surface area (Å²) in [6.45, 7) is 2.65. The minimum atomic E-state index is -4.21. The molecule has 1 aromatic heterocycles. The molecule has 1 rings (SSSR count). The minimum Gasteiger partial charge on any atom is -0.383 e. The van der Waals surface area contributed by atoms with Gasteiger partial charge in [0.05, 0.1) is 6.54 Å². The molecule has 17 heavy (non-hydrogen) atoms. The Hall–Kier alpha value is -1.30. The van der Waals surface area contributed by atoms with Crippen molar-refractivity contribution in [1.29, 1.82) is 0 Å². The van der Waals surface area contributed by atoms with E-state index in [1.165, 1.54) is 11.1 Å². The molecule has 0 spiro atoms. The predicted molar refractivity (Wildman–Crippen MR) is 60.3 cm³/mol. The molecule has 0 saturated carbocycles. The number of anilines is 1. The van der Waals surface area contributed by atoms with Crippen LogP contribution in [0, 0.1) is 0 Å². The van der Waals surface area contributed by atoms with Crippen LogP contribution in [-0.4, -0.2) is 28.6 Å². The van der Waals surface area contributed by atoms with Gasteiger partial charge in [0.2, 0.25) is 0 Å².